The predicted octanol–water partition coefficient (Wildman–Crippen LogP) is 2.28. The minimum absolute atomic E-state index is 0.117. The van der Waals surface area contributed by atoms with E-state index < -0.39 is 0 Å². The van der Waals surface area contributed by atoms with Crippen molar-refractivity contribution in [2.24, 2.45) is 21.7 Å². The van der Waals surface area contributed by atoms with Gasteiger partial charge >= 0.3 is 0 Å². The zero-order valence-electron chi connectivity index (χ0n) is 12.0. The van der Waals surface area contributed by atoms with E-state index in [1.54, 1.807) is 6.07 Å². The van der Waals surface area contributed by atoms with Gasteiger partial charge in [-0.05, 0) is 30.5 Å². The highest BCUT2D eigenvalue weighted by atomic mass is 19.1. The second kappa shape index (κ2) is 7.73. The fraction of sp³-hybridized carbons (Fsp3) is 0.467. The zero-order chi connectivity index (χ0) is 15.1. The molecule has 114 valence electrons. The average molecular weight is 292 g/mol. The van der Waals surface area contributed by atoms with Gasteiger partial charge < -0.3 is 16.2 Å². The topological polar surface area (TPSA) is 86.0 Å². The van der Waals surface area contributed by atoms with E-state index in [1.165, 1.54) is 37.6 Å². The first-order chi connectivity index (χ1) is 10.1. The number of halogens is 1. The third-order valence-electron chi connectivity index (χ3n) is 3.50. The largest absolute Gasteiger partial charge is 0.374 e. The van der Waals surface area contributed by atoms with Gasteiger partial charge in [-0.25, -0.2) is 4.39 Å². The van der Waals surface area contributed by atoms with Crippen LogP contribution in [-0.4, -0.2) is 18.3 Å². The maximum absolute atomic E-state index is 13.4. The van der Waals surface area contributed by atoms with Crippen LogP contribution in [0.2, 0.25) is 0 Å². The smallest absolute Gasteiger partial charge is 0.211 e. The quantitative estimate of drug-likeness (QED) is 0.496. The van der Waals surface area contributed by atoms with Crippen molar-refractivity contribution in [3.8, 4) is 0 Å². The van der Waals surface area contributed by atoms with Gasteiger partial charge in [0, 0.05) is 5.56 Å². The molecule has 6 heteroatoms. The van der Waals surface area contributed by atoms with Gasteiger partial charge in [-0.15, -0.1) is 5.10 Å². The summed E-state index contributed by atoms with van der Waals surface area (Å²) in [6, 6.07) is 4.47. The van der Waals surface area contributed by atoms with Crippen molar-refractivity contribution in [2.75, 3.05) is 0 Å². The molecule has 2 rings (SSSR count). The van der Waals surface area contributed by atoms with E-state index in [1.807, 2.05) is 0 Å². The summed E-state index contributed by atoms with van der Waals surface area (Å²) in [5.41, 5.74) is 11.9. The summed E-state index contributed by atoms with van der Waals surface area (Å²) in [5.74, 6) is -0.412. The van der Waals surface area contributed by atoms with Crippen LogP contribution in [0.5, 0.6) is 0 Å². The molecule has 0 atom stereocenters. The molecule has 4 N–H and O–H groups in total. The molecule has 1 aliphatic rings. The van der Waals surface area contributed by atoms with Crippen molar-refractivity contribution >= 4 is 12.2 Å². The predicted molar refractivity (Wildman–Crippen MR) is 81.5 cm³/mol. The van der Waals surface area contributed by atoms with Crippen LogP contribution >= 0.6 is 0 Å². The van der Waals surface area contributed by atoms with Crippen LogP contribution in [0.25, 0.3) is 0 Å². The van der Waals surface area contributed by atoms with Crippen LogP contribution in [0, 0.1) is 5.82 Å². The minimum atomic E-state index is -0.295. The van der Waals surface area contributed by atoms with E-state index in [9.17, 15) is 4.39 Å². The fourth-order valence-electron chi connectivity index (χ4n) is 2.42. The van der Waals surface area contributed by atoms with Gasteiger partial charge in [0.2, 0.25) is 5.96 Å². The van der Waals surface area contributed by atoms with E-state index >= 15 is 0 Å². The van der Waals surface area contributed by atoms with E-state index in [-0.39, 0.29) is 17.9 Å². The first-order valence-electron chi connectivity index (χ1n) is 7.17. The molecule has 1 aliphatic carbocycles. The van der Waals surface area contributed by atoms with Crippen LogP contribution in [0.4, 0.5) is 4.39 Å². The maximum Gasteiger partial charge on any atom is 0.211 e. The molecule has 0 heterocycles. The number of hydrogen-bond donors (Lipinski definition) is 2. The molecular formula is C15H21FN4O. The van der Waals surface area contributed by atoms with E-state index in [0.717, 1.165) is 24.0 Å². The molecule has 0 bridgehead atoms. The Bertz CT molecular complexity index is 520. The lowest BCUT2D eigenvalue weighted by molar-refractivity contribution is 0.0167. The summed E-state index contributed by atoms with van der Waals surface area (Å²) in [7, 11) is 0. The molecule has 0 amide bonds. The summed E-state index contributed by atoms with van der Waals surface area (Å²) in [4.78, 5) is 0. The van der Waals surface area contributed by atoms with Crippen molar-refractivity contribution < 1.29 is 9.13 Å². The highest BCUT2D eigenvalue weighted by molar-refractivity contribution is 5.83. The SMILES string of the molecule is NC(N)=NN=Cc1ccc(F)cc1COC1CCCCC1. The first-order valence-corrected chi connectivity index (χ1v) is 7.17. The Morgan fingerprint density at radius 2 is 2.05 bits per heavy atom. The van der Waals surface area contributed by atoms with E-state index in [0.29, 0.717) is 6.61 Å². The monoisotopic (exact) mass is 292 g/mol. The number of hydrogen-bond acceptors (Lipinski definition) is 3. The molecule has 0 radical (unpaired) electrons. The van der Waals surface area contributed by atoms with Crippen molar-refractivity contribution in [3.05, 3.63) is 35.1 Å². The molecule has 0 aromatic heterocycles. The van der Waals surface area contributed by atoms with Crippen LogP contribution < -0.4 is 11.5 Å². The summed E-state index contributed by atoms with van der Waals surface area (Å²) in [5, 5.41) is 7.30. The van der Waals surface area contributed by atoms with Crippen molar-refractivity contribution in [3.63, 3.8) is 0 Å². The second-order valence-electron chi connectivity index (χ2n) is 5.18. The maximum atomic E-state index is 13.4. The standard InChI is InChI=1S/C15H21FN4O/c16-13-7-6-11(9-19-20-15(17)18)12(8-13)10-21-14-4-2-1-3-5-14/h6-9,14H,1-5,10H2,(H4,17,18,20). The molecule has 21 heavy (non-hydrogen) atoms. The Hall–Kier alpha value is -1.95. The van der Waals surface area contributed by atoms with Gasteiger partial charge in [-0.2, -0.15) is 5.10 Å². The Labute approximate surface area is 123 Å². The lowest BCUT2D eigenvalue weighted by atomic mass is 9.98. The van der Waals surface area contributed by atoms with Crippen molar-refractivity contribution in [2.45, 2.75) is 44.8 Å². The minimum Gasteiger partial charge on any atom is -0.374 e. The summed E-state index contributed by atoms with van der Waals surface area (Å²) in [6.45, 7) is 0.367. The third kappa shape index (κ3) is 5.15. The highest BCUT2D eigenvalue weighted by Gasteiger charge is 2.14. The molecule has 5 nitrogen and oxygen atoms in total. The molecular weight excluding hydrogens is 271 g/mol. The first kappa shape index (κ1) is 15.4. The van der Waals surface area contributed by atoms with Gasteiger partial charge in [0.1, 0.15) is 5.82 Å². The van der Waals surface area contributed by atoms with Crippen LogP contribution in [0.3, 0.4) is 0 Å². The lowest BCUT2D eigenvalue weighted by Crippen LogP contribution is -2.21. The van der Waals surface area contributed by atoms with Crippen molar-refractivity contribution in [1.29, 1.82) is 0 Å². The number of benzene rings is 1. The zero-order valence-corrected chi connectivity index (χ0v) is 12.0. The highest BCUT2D eigenvalue weighted by Crippen LogP contribution is 2.22. The number of guanidine groups is 1. The Morgan fingerprint density at radius 1 is 1.29 bits per heavy atom. The third-order valence-corrected chi connectivity index (χ3v) is 3.50. The Morgan fingerprint density at radius 3 is 2.76 bits per heavy atom. The van der Waals surface area contributed by atoms with Crippen molar-refractivity contribution in [1.82, 2.24) is 0 Å². The molecule has 1 saturated carbocycles. The van der Waals surface area contributed by atoms with Gasteiger partial charge in [-0.3, -0.25) is 0 Å². The van der Waals surface area contributed by atoms with Crippen LogP contribution in [0.1, 0.15) is 43.2 Å². The number of rotatable bonds is 5. The van der Waals surface area contributed by atoms with Gasteiger partial charge in [-0.1, -0.05) is 25.3 Å². The number of ether oxygens (including phenoxy) is 1. The lowest BCUT2D eigenvalue weighted by Gasteiger charge is -2.22. The van der Waals surface area contributed by atoms with Gasteiger partial charge in [0.05, 0.1) is 18.9 Å². The molecule has 0 unspecified atom stereocenters. The summed E-state index contributed by atoms with van der Waals surface area (Å²) < 4.78 is 19.3. The molecule has 0 saturated heterocycles. The number of nitrogens with zero attached hydrogens (tertiary/aromatic N) is 2. The number of nitrogens with two attached hydrogens (primary N) is 2. The van der Waals surface area contributed by atoms with Gasteiger partial charge in [0.25, 0.3) is 0 Å². The Kier molecular flexibility index (Phi) is 5.68. The van der Waals surface area contributed by atoms with Crippen LogP contribution in [0.15, 0.2) is 28.4 Å². The average Bonchev–Trinajstić information content (AvgIpc) is 2.48. The van der Waals surface area contributed by atoms with E-state index in [2.05, 4.69) is 10.2 Å². The molecule has 1 fully saturated rings. The van der Waals surface area contributed by atoms with Crippen LogP contribution in [-0.2, 0) is 11.3 Å². The second-order valence-corrected chi connectivity index (χ2v) is 5.18. The summed E-state index contributed by atoms with van der Waals surface area (Å²) >= 11 is 0. The molecule has 1 aromatic rings. The van der Waals surface area contributed by atoms with Gasteiger partial charge in [0.15, 0.2) is 0 Å². The normalized spacial score (nSPS) is 16.2. The molecule has 0 aliphatic heterocycles. The summed E-state index contributed by atoms with van der Waals surface area (Å²) in [6.07, 6.45) is 7.60. The molecule has 0 spiro atoms. The fourth-order valence-corrected chi connectivity index (χ4v) is 2.42. The molecule has 1 aromatic carbocycles. The van der Waals surface area contributed by atoms with E-state index in [4.69, 9.17) is 16.2 Å². The Balaban J connectivity index is 2.03.